The third-order valence-electron chi connectivity index (χ3n) is 3.66. The quantitative estimate of drug-likeness (QED) is 0.902. The van der Waals surface area contributed by atoms with E-state index in [2.05, 4.69) is 12.2 Å². The van der Waals surface area contributed by atoms with Crippen LogP contribution in [0.4, 0.5) is 4.39 Å². The van der Waals surface area contributed by atoms with Gasteiger partial charge in [-0.05, 0) is 43.9 Å². The molecule has 1 saturated carbocycles. The molecule has 0 aliphatic heterocycles. The average molecular weight is 272 g/mol. The fraction of sp³-hybridized carbons (Fsp3) is 0.571. The Morgan fingerprint density at radius 3 is 2.89 bits per heavy atom. The summed E-state index contributed by atoms with van der Waals surface area (Å²) in [6.45, 7) is 2.06. The summed E-state index contributed by atoms with van der Waals surface area (Å²) in [7, 11) is 1.75. The molecule has 0 radical (unpaired) electrons. The lowest BCUT2D eigenvalue weighted by atomic mass is 10.1. The Balaban J connectivity index is 2.02. The Morgan fingerprint density at radius 2 is 2.22 bits per heavy atom. The van der Waals surface area contributed by atoms with Gasteiger partial charge in [-0.1, -0.05) is 17.7 Å². The molecule has 0 aromatic heterocycles. The smallest absolute Gasteiger partial charge is 0.141 e. The molecule has 100 valence electrons. The summed E-state index contributed by atoms with van der Waals surface area (Å²) in [4.78, 5) is 0. The van der Waals surface area contributed by atoms with E-state index in [1.807, 2.05) is 0 Å². The SMILES string of the molecule is COC1CCCC1NC(C)c1ccc(F)c(Cl)c1. The van der Waals surface area contributed by atoms with Crippen molar-refractivity contribution in [2.24, 2.45) is 0 Å². The van der Waals surface area contributed by atoms with Crippen LogP contribution in [0.3, 0.4) is 0 Å². The summed E-state index contributed by atoms with van der Waals surface area (Å²) >= 11 is 5.80. The topological polar surface area (TPSA) is 21.3 Å². The van der Waals surface area contributed by atoms with Crippen LogP contribution in [-0.2, 0) is 4.74 Å². The molecule has 1 aliphatic rings. The Morgan fingerprint density at radius 1 is 1.44 bits per heavy atom. The van der Waals surface area contributed by atoms with Gasteiger partial charge in [0.2, 0.25) is 0 Å². The van der Waals surface area contributed by atoms with E-state index in [4.69, 9.17) is 16.3 Å². The number of ether oxygens (including phenoxy) is 1. The predicted octanol–water partition coefficient (Wildman–Crippen LogP) is 3.70. The summed E-state index contributed by atoms with van der Waals surface area (Å²) in [6, 6.07) is 5.39. The van der Waals surface area contributed by atoms with Gasteiger partial charge in [0.25, 0.3) is 0 Å². The minimum absolute atomic E-state index is 0.142. The highest BCUT2D eigenvalue weighted by Crippen LogP contribution is 2.26. The molecule has 3 atom stereocenters. The number of nitrogens with one attached hydrogen (secondary N) is 1. The van der Waals surface area contributed by atoms with Gasteiger partial charge in [0.1, 0.15) is 5.82 Å². The van der Waals surface area contributed by atoms with Gasteiger partial charge in [0.15, 0.2) is 0 Å². The highest BCUT2D eigenvalue weighted by atomic mass is 35.5. The minimum Gasteiger partial charge on any atom is -0.380 e. The van der Waals surface area contributed by atoms with Crippen molar-refractivity contribution in [3.05, 3.63) is 34.6 Å². The Labute approximate surface area is 112 Å². The van der Waals surface area contributed by atoms with Crippen LogP contribution >= 0.6 is 11.6 Å². The van der Waals surface area contributed by atoms with Crippen molar-refractivity contribution in [3.63, 3.8) is 0 Å². The van der Waals surface area contributed by atoms with E-state index in [1.54, 1.807) is 19.2 Å². The minimum atomic E-state index is -0.372. The van der Waals surface area contributed by atoms with Gasteiger partial charge in [-0.25, -0.2) is 4.39 Å². The predicted molar refractivity (Wildman–Crippen MR) is 71.4 cm³/mol. The molecule has 1 aromatic rings. The van der Waals surface area contributed by atoms with Crippen LogP contribution in [0.25, 0.3) is 0 Å². The van der Waals surface area contributed by atoms with Crippen LogP contribution < -0.4 is 5.32 Å². The summed E-state index contributed by atoms with van der Waals surface area (Å²) in [5.41, 5.74) is 1.00. The summed E-state index contributed by atoms with van der Waals surface area (Å²) in [6.07, 6.45) is 3.69. The van der Waals surface area contributed by atoms with E-state index in [-0.39, 0.29) is 23.0 Å². The molecule has 0 saturated heterocycles. The highest BCUT2D eigenvalue weighted by Gasteiger charge is 2.28. The maximum absolute atomic E-state index is 13.1. The lowest BCUT2D eigenvalue weighted by Crippen LogP contribution is -2.38. The third-order valence-corrected chi connectivity index (χ3v) is 3.95. The first-order valence-corrected chi connectivity index (χ1v) is 6.73. The molecule has 3 unspecified atom stereocenters. The van der Waals surface area contributed by atoms with Crippen LogP contribution in [0.15, 0.2) is 18.2 Å². The second-order valence-electron chi connectivity index (χ2n) is 4.87. The van der Waals surface area contributed by atoms with Gasteiger partial charge in [-0.2, -0.15) is 0 Å². The Hall–Kier alpha value is -0.640. The number of benzene rings is 1. The number of hydrogen-bond acceptors (Lipinski definition) is 2. The van der Waals surface area contributed by atoms with Gasteiger partial charge in [0, 0.05) is 19.2 Å². The molecule has 0 bridgehead atoms. The molecule has 0 heterocycles. The molecule has 0 spiro atoms. The van der Waals surface area contributed by atoms with Crippen molar-refractivity contribution in [3.8, 4) is 0 Å². The zero-order valence-corrected chi connectivity index (χ0v) is 11.5. The second-order valence-corrected chi connectivity index (χ2v) is 5.28. The largest absolute Gasteiger partial charge is 0.380 e. The van der Waals surface area contributed by atoms with Crippen LogP contribution in [0, 0.1) is 5.82 Å². The van der Waals surface area contributed by atoms with Crippen molar-refractivity contribution in [2.45, 2.75) is 44.4 Å². The number of methoxy groups -OCH3 is 1. The zero-order valence-electron chi connectivity index (χ0n) is 10.7. The third kappa shape index (κ3) is 3.02. The molecule has 2 rings (SSSR count). The van der Waals surface area contributed by atoms with Gasteiger partial charge >= 0.3 is 0 Å². The first kappa shape index (κ1) is 13.8. The monoisotopic (exact) mass is 271 g/mol. The van der Waals surface area contributed by atoms with Crippen LogP contribution in [0.5, 0.6) is 0 Å². The zero-order chi connectivity index (χ0) is 13.1. The summed E-state index contributed by atoms with van der Waals surface area (Å²) in [5.74, 6) is -0.372. The van der Waals surface area contributed by atoms with Crippen LogP contribution in [0.2, 0.25) is 5.02 Å². The van der Waals surface area contributed by atoms with Crippen molar-refractivity contribution >= 4 is 11.6 Å². The second kappa shape index (κ2) is 6.00. The van der Waals surface area contributed by atoms with E-state index < -0.39 is 0 Å². The lowest BCUT2D eigenvalue weighted by Gasteiger charge is -2.24. The fourth-order valence-electron chi connectivity index (χ4n) is 2.60. The van der Waals surface area contributed by atoms with Gasteiger partial charge in [-0.15, -0.1) is 0 Å². The van der Waals surface area contributed by atoms with E-state index in [1.165, 1.54) is 12.5 Å². The van der Waals surface area contributed by atoms with E-state index in [9.17, 15) is 4.39 Å². The molecule has 1 N–H and O–H groups in total. The number of halogens is 2. The van der Waals surface area contributed by atoms with Crippen molar-refractivity contribution in [1.29, 1.82) is 0 Å². The first-order valence-electron chi connectivity index (χ1n) is 6.35. The van der Waals surface area contributed by atoms with Gasteiger partial charge in [-0.3, -0.25) is 0 Å². The fourth-order valence-corrected chi connectivity index (χ4v) is 2.79. The van der Waals surface area contributed by atoms with Crippen LogP contribution in [-0.4, -0.2) is 19.3 Å². The maximum Gasteiger partial charge on any atom is 0.141 e. The molecule has 18 heavy (non-hydrogen) atoms. The lowest BCUT2D eigenvalue weighted by molar-refractivity contribution is 0.0820. The highest BCUT2D eigenvalue weighted by molar-refractivity contribution is 6.30. The first-order chi connectivity index (χ1) is 8.61. The Kier molecular flexibility index (Phi) is 4.60. The summed E-state index contributed by atoms with van der Waals surface area (Å²) < 4.78 is 18.6. The van der Waals surface area contributed by atoms with Gasteiger partial charge in [0.05, 0.1) is 11.1 Å². The molecule has 0 amide bonds. The molecule has 2 nitrogen and oxygen atoms in total. The normalized spacial score (nSPS) is 25.3. The molecular weight excluding hydrogens is 253 g/mol. The number of hydrogen-bond donors (Lipinski definition) is 1. The average Bonchev–Trinajstić information content (AvgIpc) is 2.79. The molecule has 1 aliphatic carbocycles. The standard InChI is InChI=1S/C14H19ClFNO/c1-9(10-6-7-12(16)11(15)8-10)17-13-4-3-5-14(13)18-2/h6-9,13-14,17H,3-5H2,1-2H3. The molecule has 1 fully saturated rings. The summed E-state index contributed by atoms with van der Waals surface area (Å²) in [5, 5.41) is 3.71. The van der Waals surface area contributed by atoms with Crippen molar-refractivity contribution in [2.75, 3.05) is 7.11 Å². The number of rotatable bonds is 4. The van der Waals surface area contributed by atoms with Crippen LogP contribution in [0.1, 0.15) is 37.8 Å². The van der Waals surface area contributed by atoms with E-state index in [0.29, 0.717) is 6.04 Å². The maximum atomic E-state index is 13.1. The van der Waals surface area contributed by atoms with Crippen molar-refractivity contribution in [1.82, 2.24) is 5.32 Å². The van der Waals surface area contributed by atoms with Gasteiger partial charge < -0.3 is 10.1 Å². The van der Waals surface area contributed by atoms with Crippen molar-refractivity contribution < 1.29 is 9.13 Å². The molecule has 1 aromatic carbocycles. The van der Waals surface area contributed by atoms with E-state index in [0.717, 1.165) is 18.4 Å². The Bertz CT molecular complexity index is 413. The van der Waals surface area contributed by atoms with E-state index >= 15 is 0 Å². The molecular formula is C14H19ClFNO. The molecule has 4 heteroatoms.